The third-order valence-electron chi connectivity index (χ3n) is 5.24. The van der Waals surface area contributed by atoms with Crippen LogP contribution in [0, 0.1) is 0 Å². The summed E-state index contributed by atoms with van der Waals surface area (Å²) in [5.74, 6) is 1.50. The Morgan fingerprint density at radius 2 is 1.76 bits per heavy atom. The molecule has 1 N–H and O–H groups in total. The van der Waals surface area contributed by atoms with Crippen molar-refractivity contribution in [3.63, 3.8) is 0 Å². The van der Waals surface area contributed by atoms with Crippen LogP contribution >= 0.6 is 11.8 Å². The third-order valence-corrected chi connectivity index (χ3v) is 6.20. The fraction of sp³-hybridized carbons (Fsp3) is 0.148. The van der Waals surface area contributed by atoms with Crippen LogP contribution in [0.5, 0.6) is 5.75 Å². The highest BCUT2D eigenvalue weighted by atomic mass is 32.2. The van der Waals surface area contributed by atoms with E-state index in [2.05, 4.69) is 34.2 Å². The molecule has 0 unspecified atom stereocenters. The van der Waals surface area contributed by atoms with Crippen LogP contribution in [0.2, 0.25) is 0 Å². The lowest BCUT2D eigenvalue weighted by Gasteiger charge is -2.12. The molecule has 1 amide bonds. The number of anilines is 1. The first-order chi connectivity index (χ1) is 16.7. The number of carbonyl (C=O) groups is 1. The SMILES string of the molecule is C=CCn1c(SCC(=O)Nc2ccccc2Cc2ccccc2)nnc1-c1ccccc1OC. The number of aromatic nitrogens is 3. The van der Waals surface area contributed by atoms with Gasteiger partial charge in [0.25, 0.3) is 0 Å². The number of rotatable bonds is 10. The zero-order valence-corrected chi connectivity index (χ0v) is 19.8. The molecule has 1 aromatic heterocycles. The van der Waals surface area contributed by atoms with Crippen LogP contribution in [0.4, 0.5) is 5.69 Å². The predicted molar refractivity (Wildman–Crippen MR) is 137 cm³/mol. The maximum absolute atomic E-state index is 12.8. The normalized spacial score (nSPS) is 10.6. The Bertz CT molecular complexity index is 1270. The van der Waals surface area contributed by atoms with Gasteiger partial charge in [-0.3, -0.25) is 9.36 Å². The zero-order chi connectivity index (χ0) is 23.8. The molecule has 0 atom stereocenters. The van der Waals surface area contributed by atoms with E-state index in [1.54, 1.807) is 13.2 Å². The minimum atomic E-state index is -0.0995. The van der Waals surface area contributed by atoms with E-state index >= 15 is 0 Å². The van der Waals surface area contributed by atoms with Crippen molar-refractivity contribution in [2.75, 3.05) is 18.2 Å². The first-order valence-electron chi connectivity index (χ1n) is 10.9. The van der Waals surface area contributed by atoms with Crippen molar-refractivity contribution >= 4 is 23.4 Å². The molecular weight excluding hydrogens is 444 g/mol. The van der Waals surface area contributed by atoms with Crippen LogP contribution in [0.3, 0.4) is 0 Å². The molecule has 34 heavy (non-hydrogen) atoms. The molecule has 0 radical (unpaired) electrons. The summed E-state index contributed by atoms with van der Waals surface area (Å²) < 4.78 is 7.42. The first-order valence-corrected chi connectivity index (χ1v) is 11.9. The third kappa shape index (κ3) is 5.55. The highest BCUT2D eigenvalue weighted by molar-refractivity contribution is 7.99. The van der Waals surface area contributed by atoms with Gasteiger partial charge in [0.05, 0.1) is 18.4 Å². The highest BCUT2D eigenvalue weighted by Gasteiger charge is 2.18. The van der Waals surface area contributed by atoms with Gasteiger partial charge in [-0.05, 0) is 35.7 Å². The molecule has 6 nitrogen and oxygen atoms in total. The Hall–Kier alpha value is -3.84. The standard InChI is InChI=1S/C27H26N4O2S/c1-3-17-31-26(22-14-8-10-16-24(22)33-2)29-30-27(31)34-19-25(32)28-23-15-9-7-13-21(23)18-20-11-5-4-6-12-20/h3-16H,1,17-19H2,2H3,(H,28,32). The van der Waals surface area contributed by atoms with Gasteiger partial charge in [0, 0.05) is 12.2 Å². The minimum Gasteiger partial charge on any atom is -0.496 e. The smallest absolute Gasteiger partial charge is 0.234 e. The van der Waals surface area contributed by atoms with Crippen molar-refractivity contribution in [3.05, 3.63) is 103 Å². The molecule has 0 bridgehead atoms. The monoisotopic (exact) mass is 470 g/mol. The minimum absolute atomic E-state index is 0.0995. The number of hydrogen-bond acceptors (Lipinski definition) is 5. The van der Waals surface area contributed by atoms with Crippen LogP contribution in [-0.4, -0.2) is 33.5 Å². The summed E-state index contributed by atoms with van der Waals surface area (Å²) in [6.45, 7) is 4.37. The lowest BCUT2D eigenvalue weighted by Crippen LogP contribution is -2.16. The van der Waals surface area contributed by atoms with E-state index in [4.69, 9.17) is 4.74 Å². The number of ether oxygens (including phenoxy) is 1. The van der Waals surface area contributed by atoms with Gasteiger partial charge in [-0.15, -0.1) is 16.8 Å². The number of hydrogen-bond donors (Lipinski definition) is 1. The number of allylic oxidation sites excluding steroid dienone is 1. The summed E-state index contributed by atoms with van der Waals surface area (Å²) in [6, 6.07) is 25.7. The molecule has 0 aliphatic heterocycles. The van der Waals surface area contributed by atoms with Crippen LogP contribution in [0.1, 0.15) is 11.1 Å². The summed E-state index contributed by atoms with van der Waals surface area (Å²) in [4.78, 5) is 12.8. The number of benzene rings is 3. The van der Waals surface area contributed by atoms with Gasteiger partial charge < -0.3 is 10.1 Å². The lowest BCUT2D eigenvalue weighted by atomic mass is 10.0. The summed E-state index contributed by atoms with van der Waals surface area (Å²) in [7, 11) is 1.63. The van der Waals surface area contributed by atoms with Gasteiger partial charge in [-0.1, -0.05) is 78.5 Å². The average molecular weight is 471 g/mol. The van der Waals surface area contributed by atoms with Crippen molar-refractivity contribution in [1.29, 1.82) is 0 Å². The van der Waals surface area contributed by atoms with Gasteiger partial charge in [-0.2, -0.15) is 0 Å². The predicted octanol–water partition coefficient (Wildman–Crippen LogP) is 5.46. The fourth-order valence-corrected chi connectivity index (χ4v) is 4.39. The molecule has 172 valence electrons. The van der Waals surface area contributed by atoms with E-state index in [1.807, 2.05) is 71.3 Å². The molecule has 3 aromatic carbocycles. The molecule has 0 aliphatic carbocycles. The molecule has 0 spiro atoms. The number of para-hydroxylation sites is 2. The molecule has 0 aliphatic rings. The van der Waals surface area contributed by atoms with E-state index in [9.17, 15) is 4.79 Å². The van der Waals surface area contributed by atoms with Gasteiger partial charge in [0.2, 0.25) is 5.91 Å². The molecule has 0 saturated carbocycles. The number of thioether (sulfide) groups is 1. The number of methoxy groups -OCH3 is 1. The van der Waals surface area contributed by atoms with E-state index in [0.29, 0.717) is 23.3 Å². The van der Waals surface area contributed by atoms with E-state index in [1.165, 1.54) is 17.3 Å². The Morgan fingerprint density at radius 3 is 2.56 bits per heavy atom. The molecule has 4 aromatic rings. The highest BCUT2D eigenvalue weighted by Crippen LogP contribution is 2.31. The molecule has 7 heteroatoms. The molecular formula is C27H26N4O2S. The number of carbonyl (C=O) groups excluding carboxylic acids is 1. The zero-order valence-electron chi connectivity index (χ0n) is 19.0. The average Bonchev–Trinajstić information content (AvgIpc) is 3.27. The van der Waals surface area contributed by atoms with Gasteiger partial charge in [0.15, 0.2) is 11.0 Å². The second kappa shape index (κ2) is 11.3. The maximum Gasteiger partial charge on any atom is 0.234 e. The van der Waals surface area contributed by atoms with E-state index < -0.39 is 0 Å². The number of nitrogens with zero attached hydrogens (tertiary/aromatic N) is 3. The Balaban J connectivity index is 1.47. The molecule has 4 rings (SSSR count). The Kier molecular flexibility index (Phi) is 7.78. The van der Waals surface area contributed by atoms with Gasteiger partial charge >= 0.3 is 0 Å². The van der Waals surface area contributed by atoms with Crippen LogP contribution < -0.4 is 10.1 Å². The quantitative estimate of drug-likeness (QED) is 0.246. The number of amides is 1. The topological polar surface area (TPSA) is 69.0 Å². The Morgan fingerprint density at radius 1 is 1.03 bits per heavy atom. The maximum atomic E-state index is 12.8. The summed E-state index contributed by atoms with van der Waals surface area (Å²) in [5.41, 5.74) is 3.92. The van der Waals surface area contributed by atoms with Gasteiger partial charge in [0.1, 0.15) is 5.75 Å². The van der Waals surface area contributed by atoms with Crippen LogP contribution in [0.25, 0.3) is 11.4 Å². The molecule has 1 heterocycles. The van der Waals surface area contributed by atoms with Crippen LogP contribution in [0.15, 0.2) is 96.7 Å². The van der Waals surface area contributed by atoms with E-state index in [0.717, 1.165) is 23.2 Å². The fourth-order valence-electron chi connectivity index (χ4n) is 3.65. The van der Waals surface area contributed by atoms with Gasteiger partial charge in [-0.25, -0.2) is 0 Å². The summed E-state index contributed by atoms with van der Waals surface area (Å²) in [6.07, 6.45) is 2.53. The summed E-state index contributed by atoms with van der Waals surface area (Å²) >= 11 is 1.34. The lowest BCUT2D eigenvalue weighted by molar-refractivity contribution is -0.113. The van der Waals surface area contributed by atoms with Crippen LogP contribution in [-0.2, 0) is 17.8 Å². The van der Waals surface area contributed by atoms with Crippen molar-refractivity contribution in [2.24, 2.45) is 0 Å². The second-order valence-corrected chi connectivity index (χ2v) is 8.50. The molecule has 0 saturated heterocycles. The van der Waals surface area contributed by atoms with Crippen molar-refractivity contribution in [3.8, 4) is 17.1 Å². The number of nitrogens with one attached hydrogen (secondary N) is 1. The van der Waals surface area contributed by atoms with Crippen molar-refractivity contribution in [2.45, 2.75) is 18.1 Å². The molecule has 0 fully saturated rings. The first kappa shape index (κ1) is 23.3. The van der Waals surface area contributed by atoms with Crippen molar-refractivity contribution in [1.82, 2.24) is 14.8 Å². The largest absolute Gasteiger partial charge is 0.496 e. The Labute approximate surface area is 203 Å². The second-order valence-electron chi connectivity index (χ2n) is 7.56. The van der Waals surface area contributed by atoms with Crippen molar-refractivity contribution < 1.29 is 9.53 Å². The summed E-state index contributed by atoms with van der Waals surface area (Å²) in [5, 5.41) is 12.4. The van der Waals surface area contributed by atoms with E-state index in [-0.39, 0.29) is 11.7 Å².